The number of rotatable bonds is 2. The van der Waals surface area contributed by atoms with Gasteiger partial charge in [0.2, 0.25) is 0 Å². The van der Waals surface area contributed by atoms with Crippen molar-refractivity contribution in [3.63, 3.8) is 0 Å². The van der Waals surface area contributed by atoms with E-state index in [1.54, 1.807) is 0 Å². The van der Waals surface area contributed by atoms with Crippen LogP contribution in [0, 0.1) is 10.5 Å². The van der Waals surface area contributed by atoms with Crippen molar-refractivity contribution in [2.75, 3.05) is 12.4 Å². The molecule has 1 N–H and O–H groups in total. The molecule has 0 fully saturated rings. The summed E-state index contributed by atoms with van der Waals surface area (Å²) >= 11 is 8.61. The zero-order valence-corrected chi connectivity index (χ0v) is 13.8. The molecule has 1 aromatic carbocycles. The first kappa shape index (κ1) is 13.9. The molecule has 4 heteroatoms. The Balaban J connectivity index is 2.99. The van der Waals surface area contributed by atoms with Crippen molar-refractivity contribution in [3.8, 4) is 0 Å². The van der Waals surface area contributed by atoms with Crippen LogP contribution < -0.4 is 5.32 Å². The van der Waals surface area contributed by atoms with E-state index in [1.165, 1.54) is 9.13 Å². The van der Waals surface area contributed by atoms with Gasteiger partial charge in [-0.3, -0.25) is 4.98 Å². The molecule has 1 heterocycles. The molecule has 0 unspecified atom stereocenters. The molecule has 0 aliphatic carbocycles. The zero-order valence-electron chi connectivity index (χ0n) is 10.9. The second kappa shape index (κ2) is 5.21. The molecular weight excluding hydrogens is 359 g/mol. The Morgan fingerprint density at radius 3 is 2.56 bits per heavy atom. The topological polar surface area (TPSA) is 24.9 Å². The maximum Gasteiger partial charge on any atom is 0.0922 e. The number of hydrogen-bond acceptors (Lipinski definition) is 2. The number of nitrogens with one attached hydrogen (secondary N) is 1. The van der Waals surface area contributed by atoms with Crippen molar-refractivity contribution in [1.82, 2.24) is 4.98 Å². The molecule has 1 aromatic heterocycles. The van der Waals surface area contributed by atoms with Crippen LogP contribution in [0.4, 0.5) is 5.69 Å². The number of fused-ring (bicyclic) bond motifs is 1. The predicted molar refractivity (Wildman–Crippen MR) is 87.8 cm³/mol. The van der Waals surface area contributed by atoms with Gasteiger partial charge in [-0.05, 0) is 53.1 Å². The molecule has 0 bridgehead atoms. The standard InChI is InChI=1S/C14H16ClIN2/c1-7(2)11-8(3)18-13-9(15)5-6-10(16)12(13)14(11)17-4/h5-7H,1-4H3,(H,17,18). The van der Waals surface area contributed by atoms with E-state index < -0.39 is 0 Å². The Bertz CT molecular complexity index is 609. The van der Waals surface area contributed by atoms with E-state index >= 15 is 0 Å². The lowest BCUT2D eigenvalue weighted by Crippen LogP contribution is -2.05. The molecule has 0 radical (unpaired) electrons. The Kier molecular flexibility index (Phi) is 4.02. The van der Waals surface area contributed by atoms with Gasteiger partial charge in [0, 0.05) is 27.4 Å². The van der Waals surface area contributed by atoms with Crippen LogP contribution in [0.5, 0.6) is 0 Å². The average molecular weight is 375 g/mol. The van der Waals surface area contributed by atoms with Gasteiger partial charge in [-0.1, -0.05) is 25.4 Å². The third-order valence-electron chi connectivity index (χ3n) is 3.09. The molecule has 0 atom stereocenters. The van der Waals surface area contributed by atoms with Crippen molar-refractivity contribution in [3.05, 3.63) is 32.0 Å². The highest BCUT2D eigenvalue weighted by Gasteiger charge is 2.17. The van der Waals surface area contributed by atoms with Gasteiger partial charge < -0.3 is 5.32 Å². The Labute approximate surface area is 126 Å². The minimum absolute atomic E-state index is 0.430. The number of pyridine rings is 1. The lowest BCUT2D eigenvalue weighted by Gasteiger charge is -2.19. The third kappa shape index (κ3) is 2.18. The van der Waals surface area contributed by atoms with Gasteiger partial charge in [-0.15, -0.1) is 0 Å². The summed E-state index contributed by atoms with van der Waals surface area (Å²) in [5, 5.41) is 5.16. The SMILES string of the molecule is CNc1c(C(C)C)c(C)nc2c(Cl)ccc(I)c12. The first-order valence-corrected chi connectivity index (χ1v) is 7.39. The van der Waals surface area contributed by atoms with Crippen molar-refractivity contribution in [2.24, 2.45) is 0 Å². The van der Waals surface area contributed by atoms with Crippen LogP contribution in [0.15, 0.2) is 12.1 Å². The molecule has 0 saturated heterocycles. The van der Waals surface area contributed by atoms with Crippen LogP contribution in [0.25, 0.3) is 10.9 Å². The normalized spacial score (nSPS) is 11.3. The summed E-state index contributed by atoms with van der Waals surface area (Å²) in [6, 6.07) is 3.94. The quantitative estimate of drug-likeness (QED) is 0.751. The fraction of sp³-hybridized carbons (Fsp3) is 0.357. The van der Waals surface area contributed by atoms with Crippen molar-refractivity contribution < 1.29 is 0 Å². The molecule has 96 valence electrons. The van der Waals surface area contributed by atoms with Crippen LogP contribution >= 0.6 is 34.2 Å². The maximum atomic E-state index is 6.27. The van der Waals surface area contributed by atoms with Crippen molar-refractivity contribution >= 4 is 50.8 Å². The summed E-state index contributed by atoms with van der Waals surface area (Å²) in [6.45, 7) is 6.42. The highest BCUT2D eigenvalue weighted by molar-refractivity contribution is 14.1. The van der Waals surface area contributed by atoms with Crippen LogP contribution in [-0.2, 0) is 0 Å². The number of halogens is 2. The van der Waals surface area contributed by atoms with E-state index in [-0.39, 0.29) is 0 Å². The number of aryl methyl sites for hydroxylation is 1. The van der Waals surface area contributed by atoms with Gasteiger partial charge in [-0.2, -0.15) is 0 Å². The molecule has 0 aliphatic rings. The largest absolute Gasteiger partial charge is 0.387 e. The van der Waals surface area contributed by atoms with Gasteiger partial charge >= 0.3 is 0 Å². The molecular formula is C14H16ClIN2. The van der Waals surface area contributed by atoms with E-state index in [0.717, 1.165) is 22.3 Å². The fourth-order valence-corrected chi connectivity index (χ4v) is 3.30. The van der Waals surface area contributed by atoms with Crippen LogP contribution in [0.1, 0.15) is 31.0 Å². The molecule has 18 heavy (non-hydrogen) atoms. The summed E-state index contributed by atoms with van der Waals surface area (Å²) < 4.78 is 1.17. The lowest BCUT2D eigenvalue weighted by atomic mass is 9.97. The second-order valence-electron chi connectivity index (χ2n) is 4.64. The molecule has 2 rings (SSSR count). The fourth-order valence-electron chi connectivity index (χ4n) is 2.40. The van der Waals surface area contributed by atoms with E-state index in [1.807, 2.05) is 26.1 Å². The lowest BCUT2D eigenvalue weighted by molar-refractivity contribution is 0.849. The average Bonchev–Trinajstić information content (AvgIpc) is 2.32. The smallest absolute Gasteiger partial charge is 0.0922 e. The van der Waals surface area contributed by atoms with E-state index in [2.05, 4.69) is 46.7 Å². The Morgan fingerprint density at radius 1 is 1.33 bits per heavy atom. The summed E-state index contributed by atoms with van der Waals surface area (Å²) in [6.07, 6.45) is 0. The number of nitrogens with zero attached hydrogens (tertiary/aromatic N) is 1. The Hall–Kier alpha value is -0.550. The molecule has 2 aromatic rings. The number of aromatic nitrogens is 1. The number of hydrogen-bond donors (Lipinski definition) is 1. The number of anilines is 1. The minimum atomic E-state index is 0.430. The van der Waals surface area contributed by atoms with Gasteiger partial charge in [0.15, 0.2) is 0 Å². The van der Waals surface area contributed by atoms with E-state index in [4.69, 9.17) is 11.6 Å². The van der Waals surface area contributed by atoms with Gasteiger partial charge in [0.05, 0.1) is 10.5 Å². The summed E-state index contributed by atoms with van der Waals surface area (Å²) in [5.74, 6) is 0.430. The predicted octanol–water partition coefficient (Wildman–Crippen LogP) is 4.97. The van der Waals surface area contributed by atoms with Gasteiger partial charge in [0.1, 0.15) is 0 Å². The zero-order chi connectivity index (χ0) is 13.4. The molecule has 2 nitrogen and oxygen atoms in total. The van der Waals surface area contributed by atoms with Crippen LogP contribution in [0.3, 0.4) is 0 Å². The summed E-state index contributed by atoms with van der Waals surface area (Å²) in [4.78, 5) is 4.69. The Morgan fingerprint density at radius 2 is 2.00 bits per heavy atom. The second-order valence-corrected chi connectivity index (χ2v) is 6.21. The minimum Gasteiger partial charge on any atom is -0.387 e. The van der Waals surface area contributed by atoms with E-state index in [9.17, 15) is 0 Å². The van der Waals surface area contributed by atoms with Gasteiger partial charge in [0.25, 0.3) is 0 Å². The summed E-state index contributed by atoms with van der Waals surface area (Å²) in [5.41, 5.74) is 4.35. The molecule has 0 amide bonds. The van der Waals surface area contributed by atoms with Crippen LogP contribution in [-0.4, -0.2) is 12.0 Å². The van der Waals surface area contributed by atoms with Gasteiger partial charge in [-0.25, -0.2) is 0 Å². The van der Waals surface area contributed by atoms with E-state index in [0.29, 0.717) is 10.9 Å². The highest BCUT2D eigenvalue weighted by atomic mass is 127. The molecule has 0 aliphatic heterocycles. The summed E-state index contributed by atoms with van der Waals surface area (Å²) in [7, 11) is 1.96. The maximum absolute atomic E-state index is 6.27. The highest BCUT2D eigenvalue weighted by Crippen LogP contribution is 2.38. The first-order valence-electron chi connectivity index (χ1n) is 5.93. The molecule has 0 spiro atoms. The first-order chi connectivity index (χ1) is 8.47. The van der Waals surface area contributed by atoms with Crippen molar-refractivity contribution in [2.45, 2.75) is 26.7 Å². The van der Waals surface area contributed by atoms with Crippen LogP contribution in [0.2, 0.25) is 5.02 Å². The third-order valence-corrected chi connectivity index (χ3v) is 4.30. The molecule has 0 saturated carbocycles. The number of benzene rings is 1. The monoisotopic (exact) mass is 374 g/mol. The van der Waals surface area contributed by atoms with Crippen molar-refractivity contribution in [1.29, 1.82) is 0 Å².